The van der Waals surface area contributed by atoms with Crippen LogP contribution in [0.5, 0.6) is 11.5 Å². The van der Waals surface area contributed by atoms with Crippen molar-refractivity contribution in [3.63, 3.8) is 0 Å². The Hall–Kier alpha value is -2.24. The molecule has 1 aromatic carbocycles. The topological polar surface area (TPSA) is 95.9 Å². The van der Waals surface area contributed by atoms with E-state index >= 15 is 0 Å². The fraction of sp³-hybridized carbons (Fsp3) is 0.429. The summed E-state index contributed by atoms with van der Waals surface area (Å²) in [5.41, 5.74) is 0.815. The first kappa shape index (κ1) is 15.8. The second-order valence-electron chi connectivity index (χ2n) is 4.35. The highest BCUT2D eigenvalue weighted by Gasteiger charge is 2.05. The smallest absolute Gasteiger partial charge is 0.305 e. The number of aromatic hydroxyl groups is 2. The number of carbonyl (C=O) groups excluding carboxylic acids is 2. The minimum atomic E-state index is -0.322. The van der Waals surface area contributed by atoms with Gasteiger partial charge in [0, 0.05) is 19.4 Å². The Morgan fingerprint density at radius 1 is 1.20 bits per heavy atom. The lowest BCUT2D eigenvalue weighted by Gasteiger charge is -2.06. The SMILES string of the molecule is COC(=O)CCCC(=O)NCCc1ccc(O)c(O)c1. The van der Waals surface area contributed by atoms with Crippen LogP contribution < -0.4 is 5.32 Å². The Labute approximate surface area is 117 Å². The van der Waals surface area contributed by atoms with Gasteiger partial charge in [-0.1, -0.05) is 6.07 Å². The number of phenolic OH excluding ortho intramolecular Hbond substituents is 2. The minimum absolute atomic E-state index is 0.128. The van der Waals surface area contributed by atoms with Crippen LogP contribution >= 0.6 is 0 Å². The second-order valence-corrected chi connectivity index (χ2v) is 4.35. The number of methoxy groups -OCH3 is 1. The van der Waals surface area contributed by atoms with Gasteiger partial charge in [0.25, 0.3) is 0 Å². The average Bonchev–Trinajstić information content (AvgIpc) is 2.42. The molecule has 0 heterocycles. The molecule has 20 heavy (non-hydrogen) atoms. The molecule has 0 aliphatic heterocycles. The third-order valence-corrected chi connectivity index (χ3v) is 2.79. The van der Waals surface area contributed by atoms with E-state index in [9.17, 15) is 14.7 Å². The fourth-order valence-electron chi connectivity index (χ4n) is 1.65. The summed E-state index contributed by atoms with van der Waals surface area (Å²) in [6, 6.07) is 4.54. The Balaban J connectivity index is 2.21. The molecule has 1 rings (SSSR count). The van der Waals surface area contributed by atoms with Crippen molar-refractivity contribution in [2.75, 3.05) is 13.7 Å². The van der Waals surface area contributed by atoms with E-state index < -0.39 is 0 Å². The van der Waals surface area contributed by atoms with Crippen molar-refractivity contribution in [2.24, 2.45) is 0 Å². The molecule has 0 aromatic heterocycles. The van der Waals surface area contributed by atoms with Crippen molar-refractivity contribution in [3.8, 4) is 11.5 Å². The number of esters is 1. The maximum atomic E-state index is 11.5. The highest BCUT2D eigenvalue weighted by molar-refractivity contribution is 5.76. The van der Waals surface area contributed by atoms with Crippen LogP contribution in [0.1, 0.15) is 24.8 Å². The number of nitrogens with one attached hydrogen (secondary N) is 1. The molecule has 0 bridgehead atoms. The quantitative estimate of drug-likeness (QED) is 0.514. The number of hydrogen-bond acceptors (Lipinski definition) is 5. The summed E-state index contributed by atoms with van der Waals surface area (Å²) in [7, 11) is 1.31. The van der Waals surface area contributed by atoms with Gasteiger partial charge in [-0.05, 0) is 30.5 Å². The van der Waals surface area contributed by atoms with E-state index in [0.717, 1.165) is 5.56 Å². The summed E-state index contributed by atoms with van der Waals surface area (Å²) in [4.78, 5) is 22.3. The minimum Gasteiger partial charge on any atom is -0.504 e. The lowest BCUT2D eigenvalue weighted by molar-refractivity contribution is -0.140. The molecule has 110 valence electrons. The molecule has 1 aromatic rings. The number of phenols is 2. The van der Waals surface area contributed by atoms with Gasteiger partial charge >= 0.3 is 5.97 Å². The summed E-state index contributed by atoms with van der Waals surface area (Å²) in [5, 5.41) is 21.2. The van der Waals surface area contributed by atoms with E-state index in [2.05, 4.69) is 10.1 Å². The number of rotatable bonds is 7. The molecule has 0 aliphatic carbocycles. The van der Waals surface area contributed by atoms with Crippen molar-refractivity contribution in [1.29, 1.82) is 0 Å². The Morgan fingerprint density at radius 2 is 1.95 bits per heavy atom. The van der Waals surface area contributed by atoms with Crippen LogP contribution in [0.15, 0.2) is 18.2 Å². The average molecular weight is 281 g/mol. The highest BCUT2D eigenvalue weighted by Crippen LogP contribution is 2.24. The zero-order valence-corrected chi connectivity index (χ0v) is 11.4. The molecule has 0 spiro atoms. The predicted molar refractivity (Wildman–Crippen MR) is 72.4 cm³/mol. The van der Waals surface area contributed by atoms with Crippen LogP contribution in [0.2, 0.25) is 0 Å². The van der Waals surface area contributed by atoms with Gasteiger partial charge in [0.15, 0.2) is 11.5 Å². The van der Waals surface area contributed by atoms with Crippen LogP contribution in [-0.4, -0.2) is 35.7 Å². The zero-order chi connectivity index (χ0) is 15.0. The highest BCUT2D eigenvalue weighted by atomic mass is 16.5. The standard InChI is InChI=1S/C14H19NO5/c1-20-14(19)4-2-3-13(18)15-8-7-10-5-6-11(16)12(17)9-10/h5-6,9,16-17H,2-4,7-8H2,1H3,(H,15,18). The number of benzene rings is 1. The Morgan fingerprint density at radius 3 is 2.60 bits per heavy atom. The van der Waals surface area contributed by atoms with Crippen LogP contribution in [0.4, 0.5) is 0 Å². The van der Waals surface area contributed by atoms with Crippen molar-refractivity contribution in [2.45, 2.75) is 25.7 Å². The van der Waals surface area contributed by atoms with Gasteiger partial charge in [-0.25, -0.2) is 0 Å². The lowest BCUT2D eigenvalue weighted by atomic mass is 10.1. The zero-order valence-electron chi connectivity index (χ0n) is 11.4. The van der Waals surface area contributed by atoms with E-state index in [0.29, 0.717) is 19.4 Å². The summed E-state index contributed by atoms with van der Waals surface area (Å²) in [5.74, 6) is -0.790. The van der Waals surface area contributed by atoms with Gasteiger partial charge in [-0.3, -0.25) is 9.59 Å². The van der Waals surface area contributed by atoms with E-state index in [1.807, 2.05) is 0 Å². The molecule has 3 N–H and O–H groups in total. The Bertz CT molecular complexity index is 473. The van der Waals surface area contributed by atoms with Gasteiger partial charge in [-0.15, -0.1) is 0 Å². The molecule has 0 saturated heterocycles. The summed E-state index contributed by atoms with van der Waals surface area (Å²) in [6.07, 6.45) is 1.51. The molecule has 0 atom stereocenters. The van der Waals surface area contributed by atoms with Crippen molar-refractivity contribution in [1.82, 2.24) is 5.32 Å². The molecule has 1 amide bonds. The van der Waals surface area contributed by atoms with Crippen molar-refractivity contribution < 1.29 is 24.5 Å². The summed E-state index contributed by atoms with van der Waals surface area (Å²) in [6.45, 7) is 0.432. The molecule has 0 aliphatic rings. The third-order valence-electron chi connectivity index (χ3n) is 2.79. The summed E-state index contributed by atoms with van der Waals surface area (Å²) < 4.78 is 4.48. The number of ether oxygens (including phenoxy) is 1. The van der Waals surface area contributed by atoms with Gasteiger partial charge in [0.1, 0.15) is 0 Å². The van der Waals surface area contributed by atoms with Crippen LogP contribution in [0.3, 0.4) is 0 Å². The largest absolute Gasteiger partial charge is 0.504 e. The predicted octanol–water partition coefficient (Wildman–Crippen LogP) is 1.10. The van der Waals surface area contributed by atoms with E-state index in [1.165, 1.54) is 19.2 Å². The Kier molecular flexibility index (Phi) is 6.36. The molecule has 6 heteroatoms. The molecular formula is C14H19NO5. The first-order valence-corrected chi connectivity index (χ1v) is 6.37. The molecular weight excluding hydrogens is 262 g/mol. The molecule has 0 radical (unpaired) electrons. The molecule has 0 fully saturated rings. The van der Waals surface area contributed by atoms with Crippen LogP contribution in [-0.2, 0) is 20.7 Å². The lowest BCUT2D eigenvalue weighted by Crippen LogP contribution is -2.25. The number of carbonyl (C=O) groups is 2. The van der Waals surface area contributed by atoms with Crippen molar-refractivity contribution in [3.05, 3.63) is 23.8 Å². The van der Waals surface area contributed by atoms with E-state index in [4.69, 9.17) is 5.11 Å². The number of amides is 1. The van der Waals surface area contributed by atoms with Gasteiger partial charge in [-0.2, -0.15) is 0 Å². The molecule has 0 unspecified atom stereocenters. The normalized spacial score (nSPS) is 10.1. The number of hydrogen-bond donors (Lipinski definition) is 3. The van der Waals surface area contributed by atoms with Gasteiger partial charge in [0.2, 0.25) is 5.91 Å². The first-order valence-electron chi connectivity index (χ1n) is 6.37. The third kappa shape index (κ3) is 5.60. The maximum Gasteiger partial charge on any atom is 0.305 e. The van der Waals surface area contributed by atoms with E-state index in [1.54, 1.807) is 6.07 Å². The van der Waals surface area contributed by atoms with Crippen LogP contribution in [0, 0.1) is 0 Å². The van der Waals surface area contributed by atoms with Crippen molar-refractivity contribution >= 4 is 11.9 Å². The molecule has 6 nitrogen and oxygen atoms in total. The van der Waals surface area contributed by atoms with Gasteiger partial charge in [0.05, 0.1) is 7.11 Å². The molecule has 0 saturated carbocycles. The maximum absolute atomic E-state index is 11.5. The second kappa shape index (κ2) is 8.04. The van der Waals surface area contributed by atoms with Crippen LogP contribution in [0.25, 0.3) is 0 Å². The monoisotopic (exact) mass is 281 g/mol. The summed E-state index contributed by atoms with van der Waals surface area (Å²) >= 11 is 0. The fourth-order valence-corrected chi connectivity index (χ4v) is 1.65. The van der Waals surface area contributed by atoms with Gasteiger partial charge < -0.3 is 20.3 Å². The first-order chi connectivity index (χ1) is 9.52. The van der Waals surface area contributed by atoms with E-state index in [-0.39, 0.29) is 36.2 Å².